The average Bonchev–Trinajstić information content (AvgIpc) is 3.12. The Kier molecular flexibility index (Phi) is 7.33. The molecule has 2 amide bonds. The van der Waals surface area contributed by atoms with Gasteiger partial charge in [-0.05, 0) is 59.8 Å². The summed E-state index contributed by atoms with van der Waals surface area (Å²) in [4.78, 5) is 31.4. The number of hydrogen-bond acceptors (Lipinski definition) is 5. The van der Waals surface area contributed by atoms with Crippen molar-refractivity contribution in [2.24, 2.45) is 0 Å². The number of carbonyl (C=O) groups excluding carboxylic acids is 2. The number of aliphatic hydroxyl groups is 1. The van der Waals surface area contributed by atoms with Crippen LogP contribution >= 0.6 is 0 Å². The third-order valence-electron chi connectivity index (χ3n) is 7.12. The topological polar surface area (TPSA) is 73.3 Å². The van der Waals surface area contributed by atoms with Gasteiger partial charge in [0.2, 0.25) is 5.91 Å². The molecule has 172 valence electrons. The molecule has 0 spiro atoms. The van der Waals surface area contributed by atoms with Crippen molar-refractivity contribution in [1.29, 1.82) is 0 Å². The Bertz CT molecular complexity index is 606. The molecule has 3 rings (SSSR count). The fourth-order valence-corrected chi connectivity index (χ4v) is 5.52. The van der Waals surface area contributed by atoms with E-state index >= 15 is 0 Å². The summed E-state index contributed by atoms with van der Waals surface area (Å²) in [5.74, 6) is -0.108. The summed E-state index contributed by atoms with van der Waals surface area (Å²) in [6, 6.07) is 0.510. The maximum atomic E-state index is 12.5. The van der Waals surface area contributed by atoms with E-state index in [1.165, 1.54) is 19.3 Å². The van der Waals surface area contributed by atoms with Crippen molar-refractivity contribution in [2.75, 3.05) is 32.8 Å². The number of hydrogen-bond donors (Lipinski definition) is 1. The number of carbonyl (C=O) groups is 2. The number of piperidine rings is 1. The summed E-state index contributed by atoms with van der Waals surface area (Å²) in [7, 11) is 0. The number of nitrogens with zero attached hydrogens (tertiary/aromatic N) is 3. The molecule has 2 saturated heterocycles. The van der Waals surface area contributed by atoms with Gasteiger partial charge in [0.1, 0.15) is 12.2 Å². The first kappa shape index (κ1) is 23.3. The van der Waals surface area contributed by atoms with Crippen LogP contribution in [0.3, 0.4) is 0 Å². The van der Waals surface area contributed by atoms with Gasteiger partial charge in [0.15, 0.2) is 0 Å². The smallest absolute Gasteiger partial charge is 0.410 e. The van der Waals surface area contributed by atoms with Gasteiger partial charge in [-0.3, -0.25) is 9.69 Å². The molecule has 2 aliphatic heterocycles. The molecule has 7 heteroatoms. The molecule has 1 aliphatic carbocycles. The van der Waals surface area contributed by atoms with E-state index in [2.05, 4.69) is 11.8 Å². The highest BCUT2D eigenvalue weighted by atomic mass is 16.6. The summed E-state index contributed by atoms with van der Waals surface area (Å²) >= 11 is 0. The minimum absolute atomic E-state index is 0.0431. The molecule has 1 saturated carbocycles. The van der Waals surface area contributed by atoms with E-state index < -0.39 is 5.60 Å². The minimum atomic E-state index is -0.476. The highest BCUT2D eigenvalue weighted by Gasteiger charge is 2.44. The molecule has 1 unspecified atom stereocenters. The Labute approximate surface area is 181 Å². The van der Waals surface area contributed by atoms with Crippen molar-refractivity contribution < 1.29 is 19.4 Å². The first-order valence-corrected chi connectivity index (χ1v) is 11.8. The quantitative estimate of drug-likeness (QED) is 0.752. The number of ether oxygens (including phenoxy) is 1. The Hall–Kier alpha value is -1.34. The van der Waals surface area contributed by atoms with Crippen LogP contribution in [0.5, 0.6) is 0 Å². The van der Waals surface area contributed by atoms with Gasteiger partial charge in [0.25, 0.3) is 0 Å². The predicted octanol–water partition coefficient (Wildman–Crippen LogP) is 3.00. The van der Waals surface area contributed by atoms with Crippen LogP contribution in [0, 0.1) is 0 Å². The number of rotatable bonds is 4. The zero-order chi connectivity index (χ0) is 21.9. The zero-order valence-electron chi connectivity index (χ0n) is 19.4. The van der Waals surface area contributed by atoms with E-state index in [1.807, 2.05) is 30.6 Å². The van der Waals surface area contributed by atoms with Crippen LogP contribution < -0.4 is 0 Å². The van der Waals surface area contributed by atoms with Gasteiger partial charge in [-0.1, -0.05) is 19.3 Å². The lowest BCUT2D eigenvalue weighted by Crippen LogP contribution is -2.57. The van der Waals surface area contributed by atoms with E-state index in [0.29, 0.717) is 12.6 Å². The molecule has 0 radical (unpaired) electrons. The maximum Gasteiger partial charge on any atom is 0.410 e. The Morgan fingerprint density at radius 1 is 1.03 bits per heavy atom. The average molecular weight is 424 g/mol. The molecular formula is C23H41N3O4. The summed E-state index contributed by atoms with van der Waals surface area (Å²) in [5.41, 5.74) is -0.519. The summed E-state index contributed by atoms with van der Waals surface area (Å²) in [6.07, 6.45) is 8.33. The molecule has 0 aromatic carbocycles. The number of aliphatic hydroxyl groups excluding tert-OH is 1. The van der Waals surface area contributed by atoms with Crippen LogP contribution in [0.1, 0.15) is 79.1 Å². The lowest BCUT2D eigenvalue weighted by molar-refractivity contribution is -0.141. The monoisotopic (exact) mass is 423 g/mol. The van der Waals surface area contributed by atoms with Gasteiger partial charge in [-0.25, -0.2) is 4.79 Å². The van der Waals surface area contributed by atoms with Crippen LogP contribution in [-0.2, 0) is 9.53 Å². The van der Waals surface area contributed by atoms with Gasteiger partial charge in [-0.15, -0.1) is 0 Å². The summed E-state index contributed by atoms with van der Waals surface area (Å²) in [5, 5.41) is 9.54. The second kappa shape index (κ2) is 9.43. The first-order chi connectivity index (χ1) is 14.1. The Morgan fingerprint density at radius 2 is 1.63 bits per heavy atom. The lowest BCUT2D eigenvalue weighted by Gasteiger charge is -2.47. The van der Waals surface area contributed by atoms with Crippen molar-refractivity contribution in [3.63, 3.8) is 0 Å². The van der Waals surface area contributed by atoms with Gasteiger partial charge < -0.3 is 19.6 Å². The summed E-state index contributed by atoms with van der Waals surface area (Å²) < 4.78 is 5.56. The van der Waals surface area contributed by atoms with Gasteiger partial charge in [0, 0.05) is 43.8 Å². The molecule has 30 heavy (non-hydrogen) atoms. The van der Waals surface area contributed by atoms with Crippen molar-refractivity contribution in [3.8, 4) is 0 Å². The van der Waals surface area contributed by atoms with Gasteiger partial charge in [-0.2, -0.15) is 0 Å². The van der Waals surface area contributed by atoms with Crippen molar-refractivity contribution in [1.82, 2.24) is 14.7 Å². The van der Waals surface area contributed by atoms with Crippen LogP contribution in [0.15, 0.2) is 0 Å². The Morgan fingerprint density at radius 3 is 2.20 bits per heavy atom. The van der Waals surface area contributed by atoms with E-state index in [1.54, 1.807) is 0 Å². The molecule has 0 aromatic rings. The SMILES string of the molecule is CC(C)(C)OC(=O)N1CCC(C)(N2CCC(N(C(=O)CO)C3CCCCC3)CC2)C1. The summed E-state index contributed by atoms with van der Waals surface area (Å²) in [6.45, 7) is 10.8. The second-order valence-corrected chi connectivity index (χ2v) is 10.6. The number of likely N-dealkylation sites (tertiary alicyclic amines) is 2. The standard InChI is InChI=1S/C23H41N3O4/c1-22(2,3)30-21(29)24-15-12-23(4,17-24)25-13-10-19(11-14-25)26(20(28)16-27)18-8-6-5-7-9-18/h18-19,27H,5-17H2,1-4H3. The fraction of sp³-hybridized carbons (Fsp3) is 0.913. The van der Waals surface area contributed by atoms with E-state index in [9.17, 15) is 14.7 Å². The highest BCUT2D eigenvalue weighted by Crippen LogP contribution is 2.34. The third kappa shape index (κ3) is 5.47. The number of amides is 2. The lowest BCUT2D eigenvalue weighted by atomic mass is 9.89. The molecular weight excluding hydrogens is 382 g/mol. The molecule has 1 atom stereocenters. The normalized spacial score (nSPS) is 27.3. The largest absolute Gasteiger partial charge is 0.444 e. The maximum absolute atomic E-state index is 12.5. The van der Waals surface area contributed by atoms with Crippen molar-refractivity contribution in [2.45, 2.75) is 102 Å². The highest BCUT2D eigenvalue weighted by molar-refractivity contribution is 5.78. The van der Waals surface area contributed by atoms with Crippen LogP contribution in [0.25, 0.3) is 0 Å². The van der Waals surface area contributed by atoms with Crippen LogP contribution in [0.2, 0.25) is 0 Å². The van der Waals surface area contributed by atoms with E-state index in [0.717, 1.165) is 51.7 Å². The minimum Gasteiger partial charge on any atom is -0.444 e. The zero-order valence-corrected chi connectivity index (χ0v) is 19.4. The molecule has 7 nitrogen and oxygen atoms in total. The van der Waals surface area contributed by atoms with E-state index in [4.69, 9.17) is 4.74 Å². The fourth-order valence-electron chi connectivity index (χ4n) is 5.52. The molecule has 0 bridgehead atoms. The van der Waals surface area contributed by atoms with Crippen LogP contribution in [-0.4, -0.2) is 87.8 Å². The third-order valence-corrected chi connectivity index (χ3v) is 7.12. The molecule has 3 aliphatic rings. The molecule has 1 N–H and O–H groups in total. The molecule has 2 heterocycles. The van der Waals surface area contributed by atoms with Crippen molar-refractivity contribution >= 4 is 12.0 Å². The van der Waals surface area contributed by atoms with Gasteiger partial charge in [0.05, 0.1) is 0 Å². The van der Waals surface area contributed by atoms with E-state index in [-0.39, 0.29) is 30.2 Å². The van der Waals surface area contributed by atoms with Crippen molar-refractivity contribution in [3.05, 3.63) is 0 Å². The first-order valence-electron chi connectivity index (χ1n) is 11.8. The molecule has 3 fully saturated rings. The predicted molar refractivity (Wildman–Crippen MR) is 116 cm³/mol. The molecule has 0 aromatic heterocycles. The van der Waals surface area contributed by atoms with Crippen LogP contribution in [0.4, 0.5) is 4.79 Å². The second-order valence-electron chi connectivity index (χ2n) is 10.6. The Balaban J connectivity index is 1.57. The van der Waals surface area contributed by atoms with Gasteiger partial charge >= 0.3 is 6.09 Å².